The van der Waals surface area contributed by atoms with Gasteiger partial charge in [0.25, 0.3) is 0 Å². The van der Waals surface area contributed by atoms with E-state index >= 15 is 0 Å². The van der Waals surface area contributed by atoms with Crippen LogP contribution in [0.3, 0.4) is 0 Å². The van der Waals surface area contributed by atoms with Gasteiger partial charge in [0.15, 0.2) is 0 Å². The van der Waals surface area contributed by atoms with Crippen molar-refractivity contribution in [1.29, 1.82) is 0 Å². The van der Waals surface area contributed by atoms with E-state index in [1.54, 1.807) is 0 Å². The first-order chi connectivity index (χ1) is 5.25. The molecule has 0 spiro atoms. The molecular formula is C9H10IN. The fraction of sp³-hybridized carbons (Fsp3) is 0.333. The van der Waals surface area contributed by atoms with Gasteiger partial charge in [0.1, 0.15) is 0 Å². The van der Waals surface area contributed by atoms with Crippen LogP contribution < -0.4 is 0 Å². The van der Waals surface area contributed by atoms with E-state index in [9.17, 15) is 0 Å². The number of hydrogen-bond donors (Lipinski definition) is 0. The third-order valence-corrected chi connectivity index (χ3v) is 2.72. The first-order valence-corrected chi connectivity index (χ1v) is 4.79. The average molecular weight is 259 g/mol. The Hall–Kier alpha value is -0.0900. The minimum atomic E-state index is 1.12. The van der Waals surface area contributed by atoms with E-state index in [2.05, 4.69) is 52.7 Å². The zero-order valence-electron chi connectivity index (χ0n) is 6.47. The molecule has 0 saturated carbocycles. The molecule has 1 aliphatic rings. The number of rotatable bonds is 0. The fourth-order valence-electron chi connectivity index (χ4n) is 1.53. The van der Waals surface area contributed by atoms with Crippen molar-refractivity contribution in [2.45, 2.75) is 13.1 Å². The molecule has 0 unspecified atom stereocenters. The van der Waals surface area contributed by atoms with Crippen molar-refractivity contribution in [2.24, 2.45) is 0 Å². The zero-order chi connectivity index (χ0) is 7.84. The van der Waals surface area contributed by atoms with Crippen LogP contribution in [-0.2, 0) is 13.1 Å². The van der Waals surface area contributed by atoms with Crippen LogP contribution in [0, 0.1) is 3.57 Å². The van der Waals surface area contributed by atoms with Gasteiger partial charge in [0, 0.05) is 16.7 Å². The molecule has 1 aromatic rings. The largest absolute Gasteiger partial charge is 0.298 e. The number of halogens is 1. The maximum Gasteiger partial charge on any atom is 0.0237 e. The van der Waals surface area contributed by atoms with Crippen LogP contribution in [0.5, 0.6) is 0 Å². The fourth-order valence-corrected chi connectivity index (χ4v) is 2.09. The van der Waals surface area contributed by atoms with Crippen LogP contribution in [0.2, 0.25) is 0 Å². The molecule has 2 rings (SSSR count). The summed E-state index contributed by atoms with van der Waals surface area (Å²) in [5.74, 6) is 0. The van der Waals surface area contributed by atoms with Crippen molar-refractivity contribution < 1.29 is 0 Å². The van der Waals surface area contributed by atoms with Gasteiger partial charge >= 0.3 is 0 Å². The van der Waals surface area contributed by atoms with Gasteiger partial charge in [-0.15, -0.1) is 0 Å². The van der Waals surface area contributed by atoms with Gasteiger partial charge in [-0.2, -0.15) is 0 Å². The molecule has 0 atom stereocenters. The molecule has 0 aliphatic carbocycles. The van der Waals surface area contributed by atoms with Gasteiger partial charge in [0.05, 0.1) is 0 Å². The Kier molecular flexibility index (Phi) is 1.89. The van der Waals surface area contributed by atoms with Crippen LogP contribution >= 0.6 is 22.6 Å². The normalized spacial score (nSPS) is 16.9. The Balaban J connectivity index is 2.43. The molecule has 0 saturated heterocycles. The highest BCUT2D eigenvalue weighted by Gasteiger charge is 2.14. The van der Waals surface area contributed by atoms with E-state index in [0.717, 1.165) is 13.1 Å². The Bertz CT molecular complexity index is 283. The summed E-state index contributed by atoms with van der Waals surface area (Å²) < 4.78 is 1.34. The van der Waals surface area contributed by atoms with Crippen LogP contribution in [0.25, 0.3) is 0 Å². The molecule has 0 bridgehead atoms. The van der Waals surface area contributed by atoms with Crippen LogP contribution in [0.4, 0.5) is 0 Å². The molecule has 11 heavy (non-hydrogen) atoms. The molecule has 2 heteroatoms. The summed E-state index contributed by atoms with van der Waals surface area (Å²) in [6.45, 7) is 2.23. The van der Waals surface area contributed by atoms with Crippen molar-refractivity contribution in [3.8, 4) is 0 Å². The van der Waals surface area contributed by atoms with Crippen LogP contribution in [0.15, 0.2) is 18.2 Å². The lowest BCUT2D eigenvalue weighted by molar-refractivity contribution is 0.353. The van der Waals surface area contributed by atoms with Crippen molar-refractivity contribution in [3.05, 3.63) is 32.9 Å². The minimum Gasteiger partial charge on any atom is -0.298 e. The highest BCUT2D eigenvalue weighted by atomic mass is 127. The first kappa shape index (κ1) is 7.55. The van der Waals surface area contributed by atoms with Gasteiger partial charge in [-0.3, -0.25) is 4.90 Å². The molecule has 1 heterocycles. The Morgan fingerprint density at radius 1 is 1.27 bits per heavy atom. The van der Waals surface area contributed by atoms with Gasteiger partial charge in [0.2, 0.25) is 0 Å². The highest BCUT2D eigenvalue weighted by Crippen LogP contribution is 2.22. The first-order valence-electron chi connectivity index (χ1n) is 3.71. The highest BCUT2D eigenvalue weighted by molar-refractivity contribution is 14.1. The van der Waals surface area contributed by atoms with Crippen molar-refractivity contribution in [3.63, 3.8) is 0 Å². The predicted octanol–water partition coefficient (Wildman–Crippen LogP) is 2.24. The van der Waals surface area contributed by atoms with E-state index in [-0.39, 0.29) is 0 Å². The predicted molar refractivity (Wildman–Crippen MR) is 54.3 cm³/mol. The molecule has 1 nitrogen and oxygen atoms in total. The molecule has 1 aliphatic heterocycles. The van der Waals surface area contributed by atoms with E-state index in [1.165, 1.54) is 14.7 Å². The summed E-state index contributed by atoms with van der Waals surface area (Å²) in [4.78, 5) is 2.33. The monoisotopic (exact) mass is 259 g/mol. The lowest BCUT2D eigenvalue weighted by Crippen LogP contribution is -2.07. The smallest absolute Gasteiger partial charge is 0.0237 e. The maximum absolute atomic E-state index is 2.36. The topological polar surface area (TPSA) is 3.24 Å². The minimum absolute atomic E-state index is 1.12. The summed E-state index contributed by atoms with van der Waals surface area (Å²) in [5.41, 5.74) is 2.99. The van der Waals surface area contributed by atoms with E-state index < -0.39 is 0 Å². The second-order valence-corrected chi connectivity index (χ2v) is 4.33. The Morgan fingerprint density at radius 2 is 2.00 bits per heavy atom. The zero-order valence-corrected chi connectivity index (χ0v) is 8.63. The van der Waals surface area contributed by atoms with Crippen LogP contribution in [0.1, 0.15) is 11.1 Å². The van der Waals surface area contributed by atoms with Gasteiger partial charge < -0.3 is 0 Å². The number of fused-ring (bicyclic) bond motifs is 1. The lowest BCUT2D eigenvalue weighted by Gasteiger charge is -2.02. The summed E-state index contributed by atoms with van der Waals surface area (Å²) in [7, 11) is 2.16. The van der Waals surface area contributed by atoms with Gasteiger partial charge in [-0.25, -0.2) is 0 Å². The molecule has 0 fully saturated rings. The van der Waals surface area contributed by atoms with Crippen molar-refractivity contribution >= 4 is 22.6 Å². The summed E-state index contributed by atoms with van der Waals surface area (Å²) in [6, 6.07) is 6.69. The molecule has 0 amide bonds. The molecule has 58 valence electrons. The van der Waals surface area contributed by atoms with E-state index in [1.807, 2.05) is 0 Å². The maximum atomic E-state index is 2.36. The summed E-state index contributed by atoms with van der Waals surface area (Å²) in [6.07, 6.45) is 0. The lowest BCUT2D eigenvalue weighted by atomic mass is 10.1. The average Bonchev–Trinajstić information content (AvgIpc) is 2.27. The number of nitrogens with zero attached hydrogens (tertiary/aromatic N) is 1. The van der Waals surface area contributed by atoms with Crippen LogP contribution in [-0.4, -0.2) is 11.9 Å². The third-order valence-electron chi connectivity index (χ3n) is 2.05. The molecular weight excluding hydrogens is 249 g/mol. The summed E-state index contributed by atoms with van der Waals surface area (Å²) >= 11 is 2.36. The Labute approximate surface area is 80.5 Å². The molecule has 1 aromatic carbocycles. The molecule has 0 radical (unpaired) electrons. The molecule has 0 aromatic heterocycles. The van der Waals surface area contributed by atoms with E-state index in [4.69, 9.17) is 0 Å². The van der Waals surface area contributed by atoms with Gasteiger partial charge in [-0.1, -0.05) is 6.07 Å². The van der Waals surface area contributed by atoms with Crippen molar-refractivity contribution in [2.75, 3.05) is 7.05 Å². The standard InChI is InChI=1S/C9H10IN/c1-11-5-7-2-3-9(10)4-8(7)6-11/h2-4H,5-6H2,1H3. The summed E-state index contributed by atoms with van der Waals surface area (Å²) in [5, 5.41) is 0. The third kappa shape index (κ3) is 1.42. The Morgan fingerprint density at radius 3 is 2.82 bits per heavy atom. The molecule has 0 N–H and O–H groups in total. The van der Waals surface area contributed by atoms with Gasteiger partial charge in [-0.05, 0) is 52.9 Å². The number of benzene rings is 1. The SMILES string of the molecule is CN1Cc2ccc(I)cc2C1. The second kappa shape index (κ2) is 2.75. The second-order valence-electron chi connectivity index (χ2n) is 3.09. The quantitative estimate of drug-likeness (QED) is 0.646. The number of hydrogen-bond acceptors (Lipinski definition) is 1. The van der Waals surface area contributed by atoms with E-state index in [0.29, 0.717) is 0 Å². The van der Waals surface area contributed by atoms with Crippen molar-refractivity contribution in [1.82, 2.24) is 4.90 Å².